The highest BCUT2D eigenvalue weighted by molar-refractivity contribution is 6.09. The molecular weight excluding hydrogens is 468 g/mol. The van der Waals surface area contributed by atoms with Gasteiger partial charge in [0.1, 0.15) is 33.0 Å². The molecular formula is C26H24N2O8. The van der Waals surface area contributed by atoms with E-state index in [0.717, 1.165) is 0 Å². The first-order valence-corrected chi connectivity index (χ1v) is 11.6. The van der Waals surface area contributed by atoms with Gasteiger partial charge >= 0.3 is 5.97 Å². The molecule has 1 aromatic heterocycles. The van der Waals surface area contributed by atoms with Crippen molar-refractivity contribution in [2.24, 2.45) is 0 Å². The second-order valence-corrected chi connectivity index (χ2v) is 8.15. The number of hydrogen-bond donors (Lipinski definition) is 0. The van der Waals surface area contributed by atoms with Gasteiger partial charge in [0.2, 0.25) is 0 Å². The Kier molecular flexibility index (Phi) is 6.32. The van der Waals surface area contributed by atoms with Gasteiger partial charge in [0.15, 0.2) is 40.3 Å². The number of fused-ring (bicyclic) bond motifs is 2. The average Bonchev–Trinajstić information content (AvgIpc) is 3.27. The van der Waals surface area contributed by atoms with E-state index in [4.69, 9.17) is 23.7 Å². The fourth-order valence-corrected chi connectivity index (χ4v) is 4.18. The zero-order chi connectivity index (χ0) is 25.2. The Morgan fingerprint density at radius 2 is 1.50 bits per heavy atom. The van der Waals surface area contributed by atoms with Crippen LogP contribution >= 0.6 is 0 Å². The average molecular weight is 492 g/mol. The summed E-state index contributed by atoms with van der Waals surface area (Å²) >= 11 is 0. The lowest BCUT2D eigenvalue weighted by molar-refractivity contribution is 0.0514. The maximum Gasteiger partial charge on any atom is 0.359 e. The van der Waals surface area contributed by atoms with Crippen molar-refractivity contribution in [2.45, 2.75) is 20.4 Å². The Morgan fingerprint density at radius 1 is 0.889 bits per heavy atom. The predicted octanol–water partition coefficient (Wildman–Crippen LogP) is 3.35. The molecule has 10 heteroatoms. The number of hydrogen-bond acceptors (Lipinski definition) is 9. The van der Waals surface area contributed by atoms with E-state index in [2.05, 4.69) is 5.10 Å². The minimum atomic E-state index is -0.743. The van der Waals surface area contributed by atoms with Crippen LogP contribution in [0, 0.1) is 0 Å². The number of ether oxygens (including phenoxy) is 5. The van der Waals surface area contributed by atoms with Gasteiger partial charge in [-0.2, -0.15) is 5.10 Å². The topological polar surface area (TPSA) is 115 Å². The summed E-state index contributed by atoms with van der Waals surface area (Å²) in [4.78, 5) is 38.8. The van der Waals surface area contributed by atoms with Gasteiger partial charge in [0.05, 0.1) is 17.9 Å². The molecule has 0 unspecified atom stereocenters. The zero-order valence-corrected chi connectivity index (χ0v) is 19.9. The van der Waals surface area contributed by atoms with Gasteiger partial charge in [-0.15, -0.1) is 0 Å². The van der Waals surface area contributed by atoms with Gasteiger partial charge < -0.3 is 23.7 Å². The molecule has 3 aromatic rings. The second kappa shape index (κ2) is 9.73. The van der Waals surface area contributed by atoms with Crippen LogP contribution in [-0.4, -0.2) is 60.4 Å². The van der Waals surface area contributed by atoms with Gasteiger partial charge in [-0.25, -0.2) is 4.79 Å². The third-order valence-corrected chi connectivity index (χ3v) is 5.75. The molecule has 0 fully saturated rings. The highest BCUT2D eigenvalue weighted by atomic mass is 16.6. The van der Waals surface area contributed by atoms with E-state index in [9.17, 15) is 14.4 Å². The standard InChI is InChI=1S/C26H24N2O8/c1-3-32-26(31)24-23(15(2)29)25(17-5-7-20-22(13-17)36-11-9-34-20)28(27-24)14-18(30)16-4-6-19-21(12-16)35-10-8-33-19/h4-7,12-13H,3,8-11,14H2,1-2H3. The summed E-state index contributed by atoms with van der Waals surface area (Å²) in [6, 6.07) is 10.1. The normalized spacial score (nSPS) is 13.7. The van der Waals surface area contributed by atoms with Crippen LogP contribution in [0.2, 0.25) is 0 Å². The van der Waals surface area contributed by atoms with Gasteiger partial charge in [-0.1, -0.05) is 0 Å². The van der Waals surface area contributed by atoms with Crippen molar-refractivity contribution in [2.75, 3.05) is 33.0 Å². The molecule has 0 radical (unpaired) electrons. The Morgan fingerprint density at radius 3 is 2.14 bits per heavy atom. The quantitative estimate of drug-likeness (QED) is 0.362. The van der Waals surface area contributed by atoms with E-state index in [1.807, 2.05) is 0 Å². The van der Waals surface area contributed by atoms with Crippen LogP contribution in [0.3, 0.4) is 0 Å². The van der Waals surface area contributed by atoms with Crippen molar-refractivity contribution >= 4 is 17.5 Å². The summed E-state index contributed by atoms with van der Waals surface area (Å²) in [6.45, 7) is 4.52. The SMILES string of the molecule is CCOC(=O)c1nn(CC(=O)c2ccc3c(c2)OCCO3)c(-c2ccc3c(c2)OCCO3)c1C(C)=O. The largest absolute Gasteiger partial charge is 0.486 e. The van der Waals surface area contributed by atoms with E-state index in [-0.39, 0.29) is 36.0 Å². The number of esters is 1. The summed E-state index contributed by atoms with van der Waals surface area (Å²) < 4.78 is 28.9. The van der Waals surface area contributed by atoms with Crippen LogP contribution in [0.4, 0.5) is 0 Å². The summed E-state index contributed by atoms with van der Waals surface area (Å²) in [5, 5.41) is 4.36. The maximum absolute atomic E-state index is 13.3. The molecule has 0 bridgehead atoms. The fraction of sp³-hybridized carbons (Fsp3) is 0.308. The number of nitrogens with zero attached hydrogens (tertiary/aromatic N) is 2. The molecule has 186 valence electrons. The molecule has 5 rings (SSSR count). The minimum absolute atomic E-state index is 0.0695. The molecule has 3 heterocycles. The highest BCUT2D eigenvalue weighted by Gasteiger charge is 2.30. The Bertz CT molecular complexity index is 1360. The van der Waals surface area contributed by atoms with Crippen molar-refractivity contribution in [1.29, 1.82) is 0 Å². The summed E-state index contributed by atoms with van der Waals surface area (Å²) in [7, 11) is 0. The minimum Gasteiger partial charge on any atom is -0.486 e. The first-order valence-electron chi connectivity index (χ1n) is 11.6. The van der Waals surface area contributed by atoms with Crippen LogP contribution in [0.5, 0.6) is 23.0 Å². The highest BCUT2D eigenvalue weighted by Crippen LogP contribution is 2.37. The van der Waals surface area contributed by atoms with E-state index >= 15 is 0 Å². The number of benzene rings is 2. The maximum atomic E-state index is 13.3. The number of ketones is 2. The number of carbonyl (C=O) groups excluding carboxylic acids is 3. The van der Waals surface area contributed by atoms with Crippen molar-refractivity contribution < 1.29 is 38.1 Å². The third-order valence-electron chi connectivity index (χ3n) is 5.75. The van der Waals surface area contributed by atoms with Crippen molar-refractivity contribution in [3.8, 4) is 34.3 Å². The monoisotopic (exact) mass is 492 g/mol. The van der Waals surface area contributed by atoms with Gasteiger partial charge in [-0.3, -0.25) is 14.3 Å². The molecule has 2 aliphatic heterocycles. The molecule has 0 spiro atoms. The van der Waals surface area contributed by atoms with Crippen LogP contribution in [0.15, 0.2) is 36.4 Å². The number of rotatable bonds is 7. The Balaban J connectivity index is 1.59. The molecule has 0 aliphatic carbocycles. The molecule has 2 aromatic carbocycles. The summed E-state index contributed by atoms with van der Waals surface area (Å²) in [6.07, 6.45) is 0. The molecule has 2 aliphatic rings. The van der Waals surface area contributed by atoms with Gasteiger partial charge in [-0.05, 0) is 50.2 Å². The Labute approximate surface area is 206 Å². The van der Waals surface area contributed by atoms with Crippen LogP contribution in [0.1, 0.15) is 45.1 Å². The number of Topliss-reactive ketones (excluding diaryl/α,β-unsaturated/α-hetero) is 2. The molecule has 10 nitrogen and oxygen atoms in total. The molecule has 0 saturated carbocycles. The number of carbonyl (C=O) groups is 3. The zero-order valence-electron chi connectivity index (χ0n) is 19.9. The lowest BCUT2D eigenvalue weighted by Crippen LogP contribution is -2.17. The smallest absolute Gasteiger partial charge is 0.359 e. The molecule has 36 heavy (non-hydrogen) atoms. The molecule has 0 N–H and O–H groups in total. The first kappa shape index (κ1) is 23.4. The van der Waals surface area contributed by atoms with E-state index < -0.39 is 5.97 Å². The van der Waals surface area contributed by atoms with E-state index in [0.29, 0.717) is 66.2 Å². The Hall–Kier alpha value is -4.34. The van der Waals surface area contributed by atoms with Crippen LogP contribution in [0.25, 0.3) is 11.3 Å². The van der Waals surface area contributed by atoms with E-state index in [1.54, 1.807) is 43.3 Å². The van der Waals surface area contributed by atoms with Gasteiger partial charge in [0, 0.05) is 11.1 Å². The molecule has 0 amide bonds. The molecule has 0 saturated heterocycles. The lowest BCUT2D eigenvalue weighted by Gasteiger charge is -2.19. The van der Waals surface area contributed by atoms with E-state index in [1.165, 1.54) is 11.6 Å². The van der Waals surface area contributed by atoms with Crippen molar-refractivity contribution in [1.82, 2.24) is 9.78 Å². The third kappa shape index (κ3) is 4.37. The first-order chi connectivity index (χ1) is 17.5. The van der Waals surface area contributed by atoms with Crippen LogP contribution in [-0.2, 0) is 11.3 Å². The molecule has 0 atom stereocenters. The van der Waals surface area contributed by atoms with Gasteiger partial charge in [0.25, 0.3) is 0 Å². The van der Waals surface area contributed by atoms with Crippen molar-refractivity contribution in [3.05, 3.63) is 53.2 Å². The number of aromatic nitrogens is 2. The van der Waals surface area contributed by atoms with Crippen molar-refractivity contribution in [3.63, 3.8) is 0 Å². The summed E-state index contributed by atoms with van der Waals surface area (Å²) in [5.41, 5.74) is 1.16. The van der Waals surface area contributed by atoms with Crippen LogP contribution < -0.4 is 18.9 Å². The second-order valence-electron chi connectivity index (χ2n) is 8.15. The summed E-state index contributed by atoms with van der Waals surface area (Å²) in [5.74, 6) is 0.690. The lowest BCUT2D eigenvalue weighted by atomic mass is 10.0. The fourth-order valence-electron chi connectivity index (χ4n) is 4.18. The predicted molar refractivity (Wildman–Crippen MR) is 126 cm³/mol.